The van der Waals surface area contributed by atoms with Gasteiger partial charge in [-0.2, -0.15) is 0 Å². The van der Waals surface area contributed by atoms with Crippen molar-refractivity contribution in [2.24, 2.45) is 11.8 Å². The first-order valence-electron chi connectivity index (χ1n) is 7.84. The molecule has 0 bridgehead atoms. The van der Waals surface area contributed by atoms with Crippen molar-refractivity contribution in [2.75, 3.05) is 0 Å². The summed E-state index contributed by atoms with van der Waals surface area (Å²) < 4.78 is 2.39. The van der Waals surface area contributed by atoms with Gasteiger partial charge in [-0.1, -0.05) is 38.3 Å². The third kappa shape index (κ3) is 2.80. The monoisotopic (exact) mass is 324 g/mol. The number of halogens is 2. The maximum Gasteiger partial charge on any atom is 0.125 e. The molecule has 1 fully saturated rings. The molecule has 0 radical (unpaired) electrons. The van der Waals surface area contributed by atoms with Crippen molar-refractivity contribution < 1.29 is 0 Å². The molecule has 114 valence electrons. The van der Waals surface area contributed by atoms with E-state index in [2.05, 4.69) is 24.5 Å². The Morgan fingerprint density at radius 2 is 2.05 bits per heavy atom. The summed E-state index contributed by atoms with van der Waals surface area (Å²) >= 11 is 12.3. The van der Waals surface area contributed by atoms with Gasteiger partial charge in [-0.05, 0) is 42.9 Å². The topological polar surface area (TPSA) is 17.8 Å². The van der Waals surface area contributed by atoms with Gasteiger partial charge in [-0.3, -0.25) is 0 Å². The fourth-order valence-corrected chi connectivity index (χ4v) is 4.18. The van der Waals surface area contributed by atoms with Crippen LogP contribution in [0, 0.1) is 11.8 Å². The highest BCUT2D eigenvalue weighted by Gasteiger charge is 2.31. The van der Waals surface area contributed by atoms with Gasteiger partial charge in [0.05, 0.1) is 16.9 Å². The lowest BCUT2D eigenvalue weighted by molar-refractivity contribution is 0.185. The Kier molecular flexibility index (Phi) is 4.46. The standard InChI is InChI=1S/C17H22Cl2N2/c1-11(2)13-5-3-4-6-15(13)21-16-8-7-12(19)9-14(16)20-17(21)10-18/h7-9,11,13,15H,3-6,10H2,1-2H3. The maximum atomic E-state index is 6.17. The molecular weight excluding hydrogens is 303 g/mol. The largest absolute Gasteiger partial charge is 0.324 e. The Hall–Kier alpha value is -0.730. The van der Waals surface area contributed by atoms with Crippen molar-refractivity contribution in [1.29, 1.82) is 0 Å². The summed E-state index contributed by atoms with van der Waals surface area (Å²) in [5, 5.41) is 0.734. The van der Waals surface area contributed by atoms with E-state index in [1.807, 2.05) is 12.1 Å². The van der Waals surface area contributed by atoms with E-state index in [0.717, 1.165) is 16.4 Å². The third-order valence-corrected chi connectivity index (χ3v) is 5.29. The average molecular weight is 325 g/mol. The summed E-state index contributed by atoms with van der Waals surface area (Å²) in [6.45, 7) is 4.67. The Labute approximate surface area is 136 Å². The number of hydrogen-bond acceptors (Lipinski definition) is 1. The van der Waals surface area contributed by atoms with Crippen LogP contribution in [0.15, 0.2) is 18.2 Å². The predicted octanol–water partition coefficient (Wildman–Crippen LogP) is 5.82. The lowest BCUT2D eigenvalue weighted by Crippen LogP contribution is -2.28. The minimum absolute atomic E-state index is 0.452. The molecule has 0 saturated heterocycles. The van der Waals surface area contributed by atoms with Crippen LogP contribution >= 0.6 is 23.2 Å². The van der Waals surface area contributed by atoms with Crippen molar-refractivity contribution in [3.8, 4) is 0 Å². The van der Waals surface area contributed by atoms with E-state index < -0.39 is 0 Å². The van der Waals surface area contributed by atoms with Crippen molar-refractivity contribution in [3.05, 3.63) is 29.0 Å². The number of alkyl halides is 1. The van der Waals surface area contributed by atoms with E-state index in [-0.39, 0.29) is 0 Å². The molecule has 1 saturated carbocycles. The highest BCUT2D eigenvalue weighted by atomic mass is 35.5. The molecule has 2 aromatic rings. The molecule has 21 heavy (non-hydrogen) atoms. The van der Waals surface area contributed by atoms with Crippen molar-refractivity contribution in [1.82, 2.24) is 9.55 Å². The van der Waals surface area contributed by atoms with Crippen LogP contribution in [0.4, 0.5) is 0 Å². The highest BCUT2D eigenvalue weighted by Crippen LogP contribution is 2.41. The smallest absolute Gasteiger partial charge is 0.125 e. The molecule has 1 aliphatic rings. The molecule has 2 nitrogen and oxygen atoms in total. The van der Waals surface area contributed by atoms with Gasteiger partial charge >= 0.3 is 0 Å². The zero-order valence-corrected chi connectivity index (χ0v) is 14.2. The van der Waals surface area contributed by atoms with Gasteiger partial charge in [0.1, 0.15) is 5.82 Å². The number of fused-ring (bicyclic) bond motifs is 1. The second kappa shape index (κ2) is 6.18. The third-order valence-electron chi connectivity index (χ3n) is 4.81. The van der Waals surface area contributed by atoms with Crippen LogP contribution in [0.25, 0.3) is 11.0 Å². The molecule has 0 spiro atoms. The first-order valence-corrected chi connectivity index (χ1v) is 8.75. The minimum atomic E-state index is 0.452. The van der Waals surface area contributed by atoms with E-state index in [9.17, 15) is 0 Å². The van der Waals surface area contributed by atoms with Gasteiger partial charge in [0.25, 0.3) is 0 Å². The van der Waals surface area contributed by atoms with Gasteiger partial charge in [-0.25, -0.2) is 4.98 Å². The van der Waals surface area contributed by atoms with E-state index in [0.29, 0.717) is 23.8 Å². The summed E-state index contributed by atoms with van der Waals surface area (Å²) in [5.74, 6) is 2.82. The van der Waals surface area contributed by atoms with E-state index in [1.54, 1.807) is 0 Å². The van der Waals surface area contributed by atoms with E-state index in [4.69, 9.17) is 28.2 Å². The number of nitrogens with zero attached hydrogens (tertiary/aromatic N) is 2. The summed E-state index contributed by atoms with van der Waals surface area (Å²) in [5.41, 5.74) is 2.14. The first-order chi connectivity index (χ1) is 10.1. The van der Waals surface area contributed by atoms with Crippen LogP contribution in [0.3, 0.4) is 0 Å². The number of benzene rings is 1. The zero-order valence-electron chi connectivity index (χ0n) is 12.6. The van der Waals surface area contributed by atoms with Gasteiger partial charge in [0.15, 0.2) is 0 Å². The van der Waals surface area contributed by atoms with E-state index >= 15 is 0 Å². The lowest BCUT2D eigenvalue weighted by atomic mass is 9.77. The summed E-state index contributed by atoms with van der Waals surface area (Å²) in [7, 11) is 0. The molecule has 1 aromatic carbocycles. The van der Waals surface area contributed by atoms with Gasteiger partial charge < -0.3 is 4.57 Å². The SMILES string of the molecule is CC(C)C1CCCCC1n1c(CCl)nc2cc(Cl)ccc21. The van der Waals surface area contributed by atoms with Crippen molar-refractivity contribution >= 4 is 34.2 Å². The van der Waals surface area contributed by atoms with Gasteiger partial charge in [-0.15, -0.1) is 11.6 Å². The Balaban J connectivity index is 2.13. The predicted molar refractivity (Wildman–Crippen MR) is 90.1 cm³/mol. The van der Waals surface area contributed by atoms with Crippen LogP contribution in [-0.2, 0) is 5.88 Å². The summed E-state index contributed by atoms with van der Waals surface area (Å²) in [6, 6.07) is 6.50. The number of aromatic nitrogens is 2. The van der Waals surface area contributed by atoms with Crippen LogP contribution in [0.1, 0.15) is 51.4 Å². The molecule has 3 rings (SSSR count). The second-order valence-electron chi connectivity index (χ2n) is 6.42. The van der Waals surface area contributed by atoms with Crippen molar-refractivity contribution in [3.63, 3.8) is 0 Å². The fraction of sp³-hybridized carbons (Fsp3) is 0.588. The average Bonchev–Trinajstić information content (AvgIpc) is 2.84. The van der Waals surface area contributed by atoms with Gasteiger partial charge in [0, 0.05) is 11.1 Å². The van der Waals surface area contributed by atoms with E-state index in [1.165, 1.54) is 31.2 Å². The van der Waals surface area contributed by atoms with Crippen molar-refractivity contribution in [2.45, 2.75) is 51.5 Å². The normalized spacial score (nSPS) is 23.1. The molecule has 1 aliphatic carbocycles. The summed E-state index contributed by atoms with van der Waals surface area (Å²) in [6.07, 6.45) is 5.16. The van der Waals surface area contributed by atoms with Crippen LogP contribution in [0.5, 0.6) is 0 Å². The van der Waals surface area contributed by atoms with Crippen LogP contribution in [0.2, 0.25) is 5.02 Å². The lowest BCUT2D eigenvalue weighted by Gasteiger charge is -2.36. The molecule has 1 heterocycles. The summed E-state index contributed by atoms with van der Waals surface area (Å²) in [4.78, 5) is 4.71. The van der Waals surface area contributed by atoms with Crippen LogP contribution in [-0.4, -0.2) is 9.55 Å². The second-order valence-corrected chi connectivity index (χ2v) is 7.13. The number of hydrogen-bond donors (Lipinski definition) is 0. The molecule has 0 amide bonds. The molecule has 2 atom stereocenters. The zero-order chi connectivity index (χ0) is 15.0. The highest BCUT2D eigenvalue weighted by molar-refractivity contribution is 6.31. The van der Waals surface area contributed by atoms with Crippen LogP contribution < -0.4 is 0 Å². The number of imidazole rings is 1. The Morgan fingerprint density at radius 3 is 2.76 bits per heavy atom. The molecular formula is C17H22Cl2N2. The van der Waals surface area contributed by atoms with Gasteiger partial charge in [0.2, 0.25) is 0 Å². The Morgan fingerprint density at radius 1 is 1.29 bits per heavy atom. The number of rotatable bonds is 3. The minimum Gasteiger partial charge on any atom is -0.324 e. The molecule has 4 heteroatoms. The molecule has 0 N–H and O–H groups in total. The molecule has 0 aliphatic heterocycles. The molecule has 1 aromatic heterocycles. The maximum absolute atomic E-state index is 6.17. The Bertz CT molecular complexity index is 633. The molecule has 2 unspecified atom stereocenters. The first kappa shape index (κ1) is 15.2. The fourth-order valence-electron chi connectivity index (χ4n) is 3.82. The quantitative estimate of drug-likeness (QED) is 0.651.